The van der Waals surface area contributed by atoms with Crippen LogP contribution >= 0.6 is 23.1 Å². The maximum absolute atomic E-state index is 12.5. The monoisotopic (exact) mass is 399 g/mol. The number of hydrogen-bond acceptors (Lipinski definition) is 7. The normalized spacial score (nSPS) is 13.2. The van der Waals surface area contributed by atoms with E-state index in [1.807, 2.05) is 0 Å². The third-order valence-corrected chi connectivity index (χ3v) is 5.84. The second-order valence-electron chi connectivity index (χ2n) is 6.22. The molecule has 0 atom stereocenters. The third kappa shape index (κ3) is 5.74. The van der Waals surface area contributed by atoms with Gasteiger partial charge in [0.25, 0.3) is 0 Å². The maximum Gasteiger partial charge on any atom is 0.341 e. The molecule has 26 heavy (non-hydrogen) atoms. The summed E-state index contributed by atoms with van der Waals surface area (Å²) < 4.78 is 10.2. The SMILES string of the molecule is CCOC(=O)CSCC(=O)Nc1sc2c(c1C(=O)OC(C)C)CCCC2. The largest absolute Gasteiger partial charge is 0.465 e. The van der Waals surface area contributed by atoms with Gasteiger partial charge in [-0.25, -0.2) is 4.79 Å². The minimum absolute atomic E-state index is 0.125. The van der Waals surface area contributed by atoms with Crippen LogP contribution in [0.3, 0.4) is 0 Å². The Hall–Kier alpha value is -1.54. The van der Waals surface area contributed by atoms with E-state index in [0.717, 1.165) is 36.1 Å². The predicted octanol–water partition coefficient (Wildman–Crippen LogP) is 3.43. The van der Waals surface area contributed by atoms with Crippen molar-refractivity contribution < 1.29 is 23.9 Å². The third-order valence-electron chi connectivity index (χ3n) is 3.73. The van der Waals surface area contributed by atoms with Crippen LogP contribution in [0.2, 0.25) is 0 Å². The quantitative estimate of drug-likeness (QED) is 0.675. The molecule has 1 amide bonds. The number of thiophene rings is 1. The van der Waals surface area contributed by atoms with Crippen LogP contribution in [0.5, 0.6) is 0 Å². The van der Waals surface area contributed by atoms with E-state index >= 15 is 0 Å². The first-order valence-corrected chi connectivity index (χ1v) is 10.8. The maximum atomic E-state index is 12.5. The number of ether oxygens (including phenoxy) is 2. The highest BCUT2D eigenvalue weighted by atomic mass is 32.2. The van der Waals surface area contributed by atoms with Crippen LogP contribution in [0.15, 0.2) is 0 Å². The van der Waals surface area contributed by atoms with Gasteiger partial charge < -0.3 is 14.8 Å². The van der Waals surface area contributed by atoms with Crippen LogP contribution in [0.25, 0.3) is 0 Å². The summed E-state index contributed by atoms with van der Waals surface area (Å²) in [5.41, 5.74) is 1.52. The van der Waals surface area contributed by atoms with Crippen LogP contribution in [-0.4, -0.2) is 42.1 Å². The smallest absolute Gasteiger partial charge is 0.341 e. The van der Waals surface area contributed by atoms with Gasteiger partial charge in [-0.3, -0.25) is 9.59 Å². The molecule has 0 bridgehead atoms. The molecule has 0 aliphatic heterocycles. The van der Waals surface area contributed by atoms with Crippen molar-refractivity contribution in [2.45, 2.75) is 52.6 Å². The van der Waals surface area contributed by atoms with Gasteiger partial charge >= 0.3 is 11.9 Å². The number of amides is 1. The Morgan fingerprint density at radius 2 is 1.92 bits per heavy atom. The van der Waals surface area contributed by atoms with E-state index in [1.54, 1.807) is 20.8 Å². The fourth-order valence-corrected chi connectivity index (χ4v) is 4.64. The summed E-state index contributed by atoms with van der Waals surface area (Å²) in [7, 11) is 0. The summed E-state index contributed by atoms with van der Waals surface area (Å²) >= 11 is 2.65. The number of aryl methyl sites for hydroxylation is 1. The molecule has 144 valence electrons. The van der Waals surface area contributed by atoms with E-state index in [0.29, 0.717) is 17.2 Å². The highest BCUT2D eigenvalue weighted by Gasteiger charge is 2.27. The number of carbonyl (C=O) groups excluding carboxylic acids is 3. The standard InChI is InChI=1S/C18H25NO5S2/c1-4-23-15(21)10-25-9-14(20)19-17-16(18(22)24-11(2)3)12-7-5-6-8-13(12)26-17/h11H,4-10H2,1-3H3,(H,19,20). The number of nitrogens with one attached hydrogen (secondary N) is 1. The summed E-state index contributed by atoms with van der Waals surface area (Å²) in [5.74, 6) is -0.701. The molecular formula is C18H25NO5S2. The molecule has 1 N–H and O–H groups in total. The molecule has 2 rings (SSSR count). The fraction of sp³-hybridized carbons (Fsp3) is 0.611. The van der Waals surface area contributed by atoms with Crippen molar-refractivity contribution in [1.29, 1.82) is 0 Å². The van der Waals surface area contributed by atoms with Gasteiger partial charge in [0, 0.05) is 4.88 Å². The van der Waals surface area contributed by atoms with Crippen molar-refractivity contribution in [2.24, 2.45) is 0 Å². The van der Waals surface area contributed by atoms with E-state index in [4.69, 9.17) is 9.47 Å². The molecule has 0 spiro atoms. The Morgan fingerprint density at radius 1 is 1.19 bits per heavy atom. The molecule has 8 heteroatoms. The molecule has 0 radical (unpaired) electrons. The molecule has 0 saturated heterocycles. The van der Waals surface area contributed by atoms with Crippen molar-refractivity contribution >= 4 is 45.9 Å². The summed E-state index contributed by atoms with van der Waals surface area (Å²) in [5, 5.41) is 3.39. The zero-order valence-electron chi connectivity index (χ0n) is 15.4. The van der Waals surface area contributed by atoms with Gasteiger partial charge in [0.1, 0.15) is 5.00 Å². The van der Waals surface area contributed by atoms with Gasteiger partial charge in [-0.2, -0.15) is 0 Å². The first-order chi connectivity index (χ1) is 12.4. The van der Waals surface area contributed by atoms with Gasteiger partial charge in [-0.15, -0.1) is 23.1 Å². The molecule has 1 heterocycles. The summed E-state index contributed by atoms with van der Waals surface area (Å²) in [6.07, 6.45) is 3.67. The van der Waals surface area contributed by atoms with E-state index < -0.39 is 0 Å². The molecule has 1 aromatic rings. The van der Waals surface area contributed by atoms with Gasteiger partial charge in [0.2, 0.25) is 5.91 Å². The molecule has 0 aromatic carbocycles. The molecular weight excluding hydrogens is 374 g/mol. The van der Waals surface area contributed by atoms with Crippen molar-refractivity contribution in [2.75, 3.05) is 23.4 Å². The van der Waals surface area contributed by atoms with Crippen molar-refractivity contribution in [1.82, 2.24) is 0 Å². The second kappa shape index (κ2) is 9.97. The van der Waals surface area contributed by atoms with Crippen LogP contribution in [0.4, 0.5) is 5.00 Å². The number of rotatable bonds is 8. The zero-order valence-corrected chi connectivity index (χ0v) is 17.0. The Bertz CT molecular complexity index is 669. The molecule has 0 fully saturated rings. The minimum Gasteiger partial charge on any atom is -0.465 e. The van der Waals surface area contributed by atoms with E-state index in [9.17, 15) is 14.4 Å². The lowest BCUT2D eigenvalue weighted by molar-refractivity contribution is -0.139. The van der Waals surface area contributed by atoms with Crippen LogP contribution in [0, 0.1) is 0 Å². The van der Waals surface area contributed by atoms with Gasteiger partial charge in [0.15, 0.2) is 0 Å². The lowest BCUT2D eigenvalue weighted by Crippen LogP contribution is -2.19. The van der Waals surface area contributed by atoms with Crippen molar-refractivity contribution in [3.05, 3.63) is 16.0 Å². The van der Waals surface area contributed by atoms with E-state index in [2.05, 4.69) is 5.32 Å². The van der Waals surface area contributed by atoms with E-state index in [-0.39, 0.29) is 35.5 Å². The van der Waals surface area contributed by atoms with Crippen LogP contribution in [0.1, 0.15) is 54.4 Å². The average Bonchev–Trinajstić information content (AvgIpc) is 2.92. The fourth-order valence-electron chi connectivity index (χ4n) is 2.74. The first kappa shape index (κ1) is 20.8. The van der Waals surface area contributed by atoms with Gasteiger partial charge in [-0.05, 0) is 52.0 Å². The Labute approximate surface area is 162 Å². The zero-order chi connectivity index (χ0) is 19.1. The van der Waals surface area contributed by atoms with E-state index in [1.165, 1.54) is 23.1 Å². The summed E-state index contributed by atoms with van der Waals surface area (Å²) in [4.78, 5) is 37.2. The number of fused-ring (bicyclic) bond motifs is 1. The number of anilines is 1. The topological polar surface area (TPSA) is 81.7 Å². The molecule has 0 unspecified atom stereocenters. The Kier molecular flexibility index (Phi) is 7.96. The highest BCUT2D eigenvalue weighted by molar-refractivity contribution is 8.00. The number of carbonyl (C=O) groups is 3. The van der Waals surface area contributed by atoms with Crippen LogP contribution in [-0.2, 0) is 31.9 Å². The summed E-state index contributed by atoms with van der Waals surface area (Å²) in [6, 6.07) is 0. The van der Waals surface area contributed by atoms with Crippen molar-refractivity contribution in [3.8, 4) is 0 Å². The first-order valence-electron chi connectivity index (χ1n) is 8.81. The molecule has 1 aliphatic rings. The number of esters is 2. The van der Waals surface area contributed by atoms with Crippen molar-refractivity contribution in [3.63, 3.8) is 0 Å². The highest BCUT2D eigenvalue weighted by Crippen LogP contribution is 2.38. The molecule has 1 aliphatic carbocycles. The Morgan fingerprint density at radius 3 is 2.62 bits per heavy atom. The van der Waals surface area contributed by atoms with Gasteiger partial charge in [-0.1, -0.05) is 0 Å². The predicted molar refractivity (Wildman–Crippen MR) is 104 cm³/mol. The second-order valence-corrected chi connectivity index (χ2v) is 8.31. The van der Waals surface area contributed by atoms with Crippen LogP contribution < -0.4 is 5.32 Å². The lowest BCUT2D eigenvalue weighted by atomic mass is 9.95. The molecule has 1 aromatic heterocycles. The summed E-state index contributed by atoms with van der Waals surface area (Å²) in [6.45, 7) is 5.68. The lowest BCUT2D eigenvalue weighted by Gasteiger charge is -2.14. The molecule has 6 nitrogen and oxygen atoms in total. The average molecular weight is 400 g/mol. The number of thioether (sulfide) groups is 1. The Balaban J connectivity index is 2.05. The minimum atomic E-state index is -0.381. The molecule has 0 saturated carbocycles. The number of hydrogen-bond donors (Lipinski definition) is 1. The van der Waals surface area contributed by atoms with Gasteiger partial charge in [0.05, 0.1) is 29.8 Å².